The van der Waals surface area contributed by atoms with Crippen LogP contribution in [0.2, 0.25) is 0 Å². The lowest BCUT2D eigenvalue weighted by Gasteiger charge is -2.15. The number of hydrogen-bond acceptors (Lipinski definition) is 3. The average Bonchev–Trinajstić information content (AvgIpc) is 2.48. The van der Waals surface area contributed by atoms with E-state index in [1.165, 1.54) is 0 Å². The van der Waals surface area contributed by atoms with Gasteiger partial charge in [-0.2, -0.15) is 0 Å². The standard InChI is InChI=1S/C17H21N3O/c1-4-18-14-8-9-15(12(2)11-14)17(21)20-13(3)16-7-5-6-10-19-16/h5-11,13,18H,4H2,1-3H3,(H,20,21). The van der Waals surface area contributed by atoms with Crippen LogP contribution in [0, 0.1) is 6.92 Å². The molecule has 0 aliphatic heterocycles. The number of aryl methyl sites for hydroxylation is 1. The first-order valence-corrected chi connectivity index (χ1v) is 7.18. The van der Waals surface area contributed by atoms with Crippen LogP contribution in [-0.2, 0) is 0 Å². The first kappa shape index (κ1) is 15.0. The molecule has 0 radical (unpaired) electrons. The van der Waals surface area contributed by atoms with E-state index in [-0.39, 0.29) is 11.9 Å². The van der Waals surface area contributed by atoms with Crippen molar-refractivity contribution >= 4 is 11.6 Å². The van der Waals surface area contributed by atoms with Crippen molar-refractivity contribution < 1.29 is 4.79 Å². The van der Waals surface area contributed by atoms with E-state index < -0.39 is 0 Å². The molecular weight excluding hydrogens is 262 g/mol. The number of hydrogen-bond donors (Lipinski definition) is 2. The fraction of sp³-hybridized carbons (Fsp3) is 0.294. The third kappa shape index (κ3) is 3.81. The van der Waals surface area contributed by atoms with E-state index in [0.29, 0.717) is 5.56 Å². The third-order valence-corrected chi connectivity index (χ3v) is 3.33. The van der Waals surface area contributed by atoms with Gasteiger partial charge in [0.25, 0.3) is 5.91 Å². The maximum absolute atomic E-state index is 12.4. The number of anilines is 1. The van der Waals surface area contributed by atoms with Crippen molar-refractivity contribution in [3.8, 4) is 0 Å². The summed E-state index contributed by atoms with van der Waals surface area (Å²) >= 11 is 0. The molecule has 0 aliphatic carbocycles. The Morgan fingerprint density at radius 3 is 2.71 bits per heavy atom. The molecule has 0 bridgehead atoms. The van der Waals surface area contributed by atoms with Crippen molar-refractivity contribution in [3.05, 3.63) is 59.4 Å². The number of rotatable bonds is 5. The van der Waals surface area contributed by atoms with E-state index in [0.717, 1.165) is 23.5 Å². The average molecular weight is 283 g/mol. The number of pyridine rings is 1. The SMILES string of the molecule is CCNc1ccc(C(=O)NC(C)c2ccccn2)c(C)c1. The van der Waals surface area contributed by atoms with Crippen LogP contribution >= 0.6 is 0 Å². The lowest BCUT2D eigenvalue weighted by molar-refractivity contribution is 0.0938. The summed E-state index contributed by atoms with van der Waals surface area (Å²) in [5.74, 6) is -0.0753. The third-order valence-electron chi connectivity index (χ3n) is 3.33. The highest BCUT2D eigenvalue weighted by atomic mass is 16.1. The van der Waals surface area contributed by atoms with Gasteiger partial charge in [-0.25, -0.2) is 0 Å². The Labute approximate surface area is 125 Å². The molecule has 110 valence electrons. The highest BCUT2D eigenvalue weighted by Gasteiger charge is 2.14. The van der Waals surface area contributed by atoms with Gasteiger partial charge in [0.15, 0.2) is 0 Å². The normalized spacial score (nSPS) is 11.8. The van der Waals surface area contributed by atoms with Crippen LogP contribution in [0.5, 0.6) is 0 Å². The van der Waals surface area contributed by atoms with Gasteiger partial charge in [-0.1, -0.05) is 6.07 Å². The molecule has 1 amide bonds. The van der Waals surface area contributed by atoms with Gasteiger partial charge in [-0.05, 0) is 56.7 Å². The van der Waals surface area contributed by atoms with Gasteiger partial charge in [-0.3, -0.25) is 9.78 Å². The smallest absolute Gasteiger partial charge is 0.252 e. The monoisotopic (exact) mass is 283 g/mol. The molecule has 1 heterocycles. The van der Waals surface area contributed by atoms with Crippen molar-refractivity contribution in [2.75, 3.05) is 11.9 Å². The van der Waals surface area contributed by atoms with Crippen molar-refractivity contribution in [1.29, 1.82) is 0 Å². The summed E-state index contributed by atoms with van der Waals surface area (Å²) < 4.78 is 0. The summed E-state index contributed by atoms with van der Waals surface area (Å²) in [6.45, 7) is 6.79. The summed E-state index contributed by atoms with van der Waals surface area (Å²) in [5.41, 5.74) is 3.54. The first-order valence-electron chi connectivity index (χ1n) is 7.18. The Morgan fingerprint density at radius 2 is 2.10 bits per heavy atom. The van der Waals surface area contributed by atoms with Crippen LogP contribution in [0.15, 0.2) is 42.6 Å². The van der Waals surface area contributed by atoms with E-state index in [1.54, 1.807) is 6.20 Å². The van der Waals surface area contributed by atoms with Gasteiger partial charge in [0.2, 0.25) is 0 Å². The van der Waals surface area contributed by atoms with Crippen LogP contribution in [-0.4, -0.2) is 17.4 Å². The minimum absolute atomic E-state index is 0.0753. The number of carbonyl (C=O) groups is 1. The lowest BCUT2D eigenvalue weighted by Crippen LogP contribution is -2.27. The molecule has 0 aliphatic rings. The van der Waals surface area contributed by atoms with Crippen molar-refractivity contribution in [3.63, 3.8) is 0 Å². The van der Waals surface area contributed by atoms with Crippen molar-refractivity contribution in [2.45, 2.75) is 26.8 Å². The van der Waals surface area contributed by atoms with Gasteiger partial charge in [-0.15, -0.1) is 0 Å². The molecule has 2 rings (SSSR count). The van der Waals surface area contributed by atoms with Crippen LogP contribution in [0.4, 0.5) is 5.69 Å². The quantitative estimate of drug-likeness (QED) is 0.885. The maximum Gasteiger partial charge on any atom is 0.252 e. The molecule has 0 spiro atoms. The Hall–Kier alpha value is -2.36. The second-order valence-electron chi connectivity index (χ2n) is 5.01. The molecule has 0 fully saturated rings. The fourth-order valence-corrected chi connectivity index (χ4v) is 2.21. The molecule has 0 saturated heterocycles. The minimum Gasteiger partial charge on any atom is -0.385 e. The highest BCUT2D eigenvalue weighted by Crippen LogP contribution is 2.16. The second-order valence-corrected chi connectivity index (χ2v) is 5.01. The van der Waals surface area contributed by atoms with Gasteiger partial charge >= 0.3 is 0 Å². The molecule has 1 unspecified atom stereocenters. The Balaban J connectivity index is 2.10. The Kier molecular flexibility index (Phi) is 4.93. The predicted octanol–water partition coefficient (Wildman–Crippen LogP) is 3.31. The lowest BCUT2D eigenvalue weighted by atomic mass is 10.1. The number of carbonyl (C=O) groups excluding carboxylic acids is 1. The molecule has 1 atom stereocenters. The van der Waals surface area contributed by atoms with Gasteiger partial charge < -0.3 is 10.6 Å². The predicted molar refractivity (Wildman–Crippen MR) is 85.5 cm³/mol. The van der Waals surface area contributed by atoms with Crippen LogP contribution in [0.25, 0.3) is 0 Å². The molecule has 2 N–H and O–H groups in total. The summed E-state index contributed by atoms with van der Waals surface area (Å²) in [6, 6.07) is 11.3. The number of aromatic nitrogens is 1. The molecule has 4 heteroatoms. The molecule has 21 heavy (non-hydrogen) atoms. The van der Waals surface area contributed by atoms with E-state index in [4.69, 9.17) is 0 Å². The first-order chi connectivity index (χ1) is 10.1. The number of nitrogens with zero attached hydrogens (tertiary/aromatic N) is 1. The zero-order chi connectivity index (χ0) is 15.2. The molecule has 1 aromatic carbocycles. The second kappa shape index (κ2) is 6.88. The largest absolute Gasteiger partial charge is 0.385 e. The van der Waals surface area contributed by atoms with Gasteiger partial charge in [0.1, 0.15) is 0 Å². The van der Waals surface area contributed by atoms with Crippen LogP contribution < -0.4 is 10.6 Å². The van der Waals surface area contributed by atoms with E-state index >= 15 is 0 Å². The molecule has 0 saturated carbocycles. The van der Waals surface area contributed by atoms with Crippen LogP contribution in [0.1, 0.15) is 41.5 Å². The summed E-state index contributed by atoms with van der Waals surface area (Å²) in [7, 11) is 0. The number of nitrogens with one attached hydrogen (secondary N) is 2. The van der Waals surface area contributed by atoms with Gasteiger partial charge in [0, 0.05) is 24.0 Å². The van der Waals surface area contributed by atoms with E-state index in [9.17, 15) is 4.79 Å². The molecular formula is C17H21N3O. The molecule has 4 nitrogen and oxygen atoms in total. The van der Waals surface area contributed by atoms with E-state index in [2.05, 4.69) is 15.6 Å². The number of benzene rings is 1. The Bertz CT molecular complexity index is 611. The zero-order valence-electron chi connectivity index (χ0n) is 12.7. The topological polar surface area (TPSA) is 54.0 Å². The van der Waals surface area contributed by atoms with Crippen LogP contribution in [0.3, 0.4) is 0 Å². The highest BCUT2D eigenvalue weighted by molar-refractivity contribution is 5.96. The van der Waals surface area contributed by atoms with Crippen molar-refractivity contribution in [2.24, 2.45) is 0 Å². The Morgan fingerprint density at radius 1 is 1.29 bits per heavy atom. The molecule has 1 aromatic heterocycles. The van der Waals surface area contributed by atoms with Crippen molar-refractivity contribution in [1.82, 2.24) is 10.3 Å². The zero-order valence-corrected chi connectivity index (χ0v) is 12.7. The number of amides is 1. The van der Waals surface area contributed by atoms with E-state index in [1.807, 2.05) is 57.2 Å². The minimum atomic E-state index is -0.119. The summed E-state index contributed by atoms with van der Waals surface area (Å²) in [5, 5.41) is 6.22. The summed E-state index contributed by atoms with van der Waals surface area (Å²) in [4.78, 5) is 16.6. The summed E-state index contributed by atoms with van der Waals surface area (Å²) in [6.07, 6.45) is 1.73. The molecule has 2 aromatic rings. The maximum atomic E-state index is 12.4. The fourth-order valence-electron chi connectivity index (χ4n) is 2.21. The van der Waals surface area contributed by atoms with Gasteiger partial charge in [0.05, 0.1) is 11.7 Å².